The molecule has 2 aromatic rings. The molecule has 3 rings (SSSR count). The highest BCUT2D eigenvalue weighted by molar-refractivity contribution is 7.14. The molecule has 0 spiro atoms. The van der Waals surface area contributed by atoms with Gasteiger partial charge in [0.05, 0.1) is 24.8 Å². The molecule has 1 aliphatic heterocycles. The maximum atomic E-state index is 12.0. The Labute approximate surface area is 150 Å². The molecule has 1 amide bonds. The lowest BCUT2D eigenvalue weighted by Gasteiger charge is -2.22. The fraction of sp³-hybridized carbons (Fsp3) is 0.357. The van der Waals surface area contributed by atoms with Crippen molar-refractivity contribution in [3.8, 4) is 11.4 Å². The summed E-state index contributed by atoms with van der Waals surface area (Å²) in [5, 5.41) is 8.49. The van der Waals surface area contributed by atoms with Crippen molar-refractivity contribution in [3.63, 3.8) is 0 Å². The summed E-state index contributed by atoms with van der Waals surface area (Å²) >= 11 is 1.40. The maximum Gasteiger partial charge on any atom is 0.228 e. The van der Waals surface area contributed by atoms with Gasteiger partial charge >= 0.3 is 0 Å². The summed E-state index contributed by atoms with van der Waals surface area (Å²) in [6.07, 6.45) is 2.00. The number of carbonyl (C=O) groups excluding carboxylic acids is 1. The molecule has 2 N–H and O–H groups in total. The van der Waals surface area contributed by atoms with E-state index in [4.69, 9.17) is 4.74 Å². The van der Waals surface area contributed by atoms with Crippen molar-refractivity contribution in [2.75, 3.05) is 25.0 Å². The number of nitrogens with one attached hydrogen (secondary N) is 2. The van der Waals surface area contributed by atoms with Crippen molar-refractivity contribution in [3.05, 3.63) is 29.8 Å². The molecule has 0 aliphatic carbocycles. The van der Waals surface area contributed by atoms with Gasteiger partial charge < -0.3 is 15.4 Å². The number of rotatable bonds is 4. The van der Waals surface area contributed by atoms with Gasteiger partial charge in [0.25, 0.3) is 0 Å². The van der Waals surface area contributed by atoms with Gasteiger partial charge in [-0.2, -0.15) is 0 Å². The fourth-order valence-corrected chi connectivity index (χ4v) is 2.81. The van der Waals surface area contributed by atoms with Crippen LogP contribution in [0.25, 0.3) is 11.4 Å². The zero-order valence-corrected chi connectivity index (χ0v) is 14.7. The average molecular weight is 377 g/mol. The largest absolute Gasteiger partial charge is 0.375 e. The Morgan fingerprint density at radius 2 is 2.26 bits per heavy atom. The maximum absolute atomic E-state index is 12.0. The average Bonchev–Trinajstić information content (AvgIpc) is 2.97. The van der Waals surface area contributed by atoms with Crippen LogP contribution in [0.4, 0.5) is 5.13 Å². The molecule has 23 heavy (non-hydrogen) atoms. The van der Waals surface area contributed by atoms with Crippen LogP contribution in [-0.4, -0.2) is 41.7 Å². The molecule has 1 aliphatic rings. The van der Waals surface area contributed by atoms with Crippen molar-refractivity contribution < 1.29 is 9.53 Å². The zero-order chi connectivity index (χ0) is 14.5. The lowest BCUT2D eigenvalue weighted by atomic mass is 10.2. The highest BCUT2D eigenvalue weighted by Crippen LogP contribution is 2.23. The molecule has 1 atom stereocenters. The van der Waals surface area contributed by atoms with Gasteiger partial charge in [-0.25, -0.2) is 4.98 Å². The second-order valence-electron chi connectivity index (χ2n) is 4.70. The summed E-state index contributed by atoms with van der Waals surface area (Å²) in [7, 11) is 0. The third kappa shape index (κ3) is 5.71. The molecule has 9 heteroatoms. The quantitative estimate of drug-likeness (QED) is 0.856. The SMILES string of the molecule is Cl.Cl.O=C(CC1CNCCO1)Nc1nc(-c2ccccn2)cs1. The number of halogens is 2. The van der Waals surface area contributed by atoms with E-state index >= 15 is 0 Å². The zero-order valence-electron chi connectivity index (χ0n) is 12.2. The topological polar surface area (TPSA) is 76.1 Å². The van der Waals surface area contributed by atoms with Crippen LogP contribution >= 0.6 is 36.2 Å². The van der Waals surface area contributed by atoms with Crippen LogP contribution in [0.15, 0.2) is 29.8 Å². The molecule has 0 aromatic carbocycles. The molecule has 3 heterocycles. The Balaban J connectivity index is 0.00000132. The summed E-state index contributed by atoms with van der Waals surface area (Å²) in [6, 6.07) is 5.66. The minimum Gasteiger partial charge on any atom is -0.375 e. The lowest BCUT2D eigenvalue weighted by Crippen LogP contribution is -2.40. The number of hydrogen-bond acceptors (Lipinski definition) is 6. The van der Waals surface area contributed by atoms with Crippen LogP contribution < -0.4 is 10.6 Å². The van der Waals surface area contributed by atoms with E-state index in [1.807, 2.05) is 23.6 Å². The predicted octanol–water partition coefficient (Wildman–Crippen LogP) is 2.37. The summed E-state index contributed by atoms with van der Waals surface area (Å²) in [5.41, 5.74) is 1.57. The number of pyridine rings is 1. The van der Waals surface area contributed by atoms with Crippen molar-refractivity contribution in [2.45, 2.75) is 12.5 Å². The van der Waals surface area contributed by atoms with Crippen molar-refractivity contribution in [2.24, 2.45) is 0 Å². The van der Waals surface area contributed by atoms with Gasteiger partial charge in [0.1, 0.15) is 5.69 Å². The summed E-state index contributed by atoms with van der Waals surface area (Å²) in [5.74, 6) is -0.0781. The Bertz CT molecular complexity index is 606. The van der Waals surface area contributed by atoms with Crippen LogP contribution in [0.2, 0.25) is 0 Å². The normalized spacial score (nSPS) is 16.8. The number of anilines is 1. The Kier molecular flexibility index (Phi) is 8.43. The third-order valence-electron chi connectivity index (χ3n) is 3.10. The first-order valence-electron chi connectivity index (χ1n) is 6.80. The van der Waals surface area contributed by atoms with E-state index in [1.54, 1.807) is 6.20 Å². The Morgan fingerprint density at radius 1 is 1.39 bits per heavy atom. The monoisotopic (exact) mass is 376 g/mol. The molecule has 2 aromatic heterocycles. The molecule has 0 saturated carbocycles. The number of morpholine rings is 1. The lowest BCUT2D eigenvalue weighted by molar-refractivity contribution is -0.119. The highest BCUT2D eigenvalue weighted by atomic mass is 35.5. The number of carbonyl (C=O) groups is 1. The van der Waals surface area contributed by atoms with Crippen molar-refractivity contribution >= 4 is 47.2 Å². The number of ether oxygens (including phenoxy) is 1. The summed E-state index contributed by atoms with van der Waals surface area (Å²) in [4.78, 5) is 20.6. The van der Waals surface area contributed by atoms with E-state index in [0.717, 1.165) is 17.9 Å². The Hall–Kier alpha value is -1.25. The summed E-state index contributed by atoms with van der Waals surface area (Å²) in [6.45, 7) is 2.21. The second-order valence-corrected chi connectivity index (χ2v) is 5.56. The number of thiazole rings is 1. The molecule has 126 valence electrons. The van der Waals surface area contributed by atoms with Crippen LogP contribution in [0.1, 0.15) is 6.42 Å². The van der Waals surface area contributed by atoms with Crippen LogP contribution in [0, 0.1) is 0 Å². The molecular weight excluding hydrogens is 359 g/mol. The van der Waals surface area contributed by atoms with E-state index in [9.17, 15) is 4.79 Å². The van der Waals surface area contributed by atoms with Crippen LogP contribution in [-0.2, 0) is 9.53 Å². The van der Waals surface area contributed by atoms with E-state index < -0.39 is 0 Å². The smallest absolute Gasteiger partial charge is 0.228 e. The van der Waals surface area contributed by atoms with Gasteiger partial charge in [-0.05, 0) is 12.1 Å². The predicted molar refractivity (Wildman–Crippen MR) is 95.7 cm³/mol. The molecule has 6 nitrogen and oxygen atoms in total. The minimum absolute atomic E-state index is 0. The number of hydrogen-bond donors (Lipinski definition) is 2. The van der Waals surface area contributed by atoms with Crippen molar-refractivity contribution in [1.82, 2.24) is 15.3 Å². The molecule has 1 saturated heterocycles. The number of nitrogens with zero attached hydrogens (tertiary/aromatic N) is 2. The van der Waals surface area contributed by atoms with Gasteiger partial charge in [0.2, 0.25) is 5.91 Å². The van der Waals surface area contributed by atoms with Gasteiger partial charge in [-0.3, -0.25) is 9.78 Å². The first-order valence-corrected chi connectivity index (χ1v) is 7.68. The highest BCUT2D eigenvalue weighted by Gasteiger charge is 2.18. The van der Waals surface area contributed by atoms with Crippen molar-refractivity contribution in [1.29, 1.82) is 0 Å². The third-order valence-corrected chi connectivity index (χ3v) is 3.85. The first kappa shape index (κ1) is 19.8. The van der Waals surface area contributed by atoms with Crippen LogP contribution in [0.3, 0.4) is 0 Å². The van der Waals surface area contributed by atoms with E-state index in [2.05, 4.69) is 20.6 Å². The molecule has 1 unspecified atom stereocenters. The number of amides is 1. The van der Waals surface area contributed by atoms with Gasteiger partial charge in [0, 0.05) is 24.7 Å². The fourth-order valence-electron chi connectivity index (χ4n) is 2.09. The molecular formula is C14H18Cl2N4O2S. The second kappa shape index (κ2) is 9.79. The molecule has 0 radical (unpaired) electrons. The minimum atomic E-state index is -0.0781. The standard InChI is InChI=1S/C14H16N4O2S.2ClH/c19-13(7-10-8-15-5-6-20-10)18-14-17-12(9-21-14)11-3-1-2-4-16-11;;/h1-4,9-10,15H,5-8H2,(H,17,18,19);2*1H. The first-order chi connectivity index (χ1) is 10.3. The van der Waals surface area contributed by atoms with Crippen LogP contribution in [0.5, 0.6) is 0 Å². The molecule has 0 bridgehead atoms. The summed E-state index contributed by atoms with van der Waals surface area (Å²) < 4.78 is 5.51. The van der Waals surface area contributed by atoms with Gasteiger partial charge in [-0.1, -0.05) is 6.07 Å². The number of aromatic nitrogens is 2. The van der Waals surface area contributed by atoms with E-state index in [1.165, 1.54) is 11.3 Å². The molecule has 1 fully saturated rings. The Morgan fingerprint density at radius 3 is 2.96 bits per heavy atom. The van der Waals surface area contributed by atoms with Gasteiger partial charge in [-0.15, -0.1) is 36.2 Å². The van der Waals surface area contributed by atoms with E-state index in [-0.39, 0.29) is 36.8 Å². The van der Waals surface area contributed by atoms with Gasteiger partial charge in [0.15, 0.2) is 5.13 Å². The van der Waals surface area contributed by atoms with E-state index in [0.29, 0.717) is 24.7 Å².